The van der Waals surface area contributed by atoms with Crippen LogP contribution in [0.5, 0.6) is 0 Å². The van der Waals surface area contributed by atoms with Crippen LogP contribution in [-0.4, -0.2) is 12.3 Å². The number of carbonyl (C=O) groups excluding carboxylic acids is 1. The fourth-order valence-corrected chi connectivity index (χ4v) is 4.07. The molecule has 0 fully saturated rings. The summed E-state index contributed by atoms with van der Waals surface area (Å²) in [5, 5.41) is 2.71. The first-order chi connectivity index (χ1) is 16.6. The van der Waals surface area contributed by atoms with Crippen LogP contribution in [0.1, 0.15) is 22.3 Å². The molecule has 3 aromatic carbocycles. The summed E-state index contributed by atoms with van der Waals surface area (Å²) in [7, 11) is 0. The van der Waals surface area contributed by atoms with Gasteiger partial charge in [0.05, 0.1) is 5.70 Å². The Morgan fingerprint density at radius 1 is 1.06 bits per heavy atom. The number of halogens is 5. The molecule has 0 aromatic heterocycles. The number of hydrogen-bond acceptors (Lipinski definition) is 4. The molecule has 1 aliphatic heterocycles. The van der Waals surface area contributed by atoms with Gasteiger partial charge in [-0.1, -0.05) is 65.7 Å². The van der Waals surface area contributed by atoms with E-state index in [1.54, 1.807) is 19.1 Å². The van der Waals surface area contributed by atoms with Crippen molar-refractivity contribution in [2.45, 2.75) is 25.3 Å². The molecule has 0 spiro atoms. The predicted molar refractivity (Wildman–Crippen MR) is 128 cm³/mol. The number of carbonyl (C=O) groups is 1. The largest absolute Gasteiger partial charge is 0.444 e. The van der Waals surface area contributed by atoms with Crippen LogP contribution in [0.4, 0.5) is 23.7 Å². The standard InChI is InChI=1S/C25H19Cl2F3N2O3/c1-15-7-8-17(9-21(15)31-23(33)34-14-16-5-3-2-4-6-16)22-13-24(35-32-22,25(28,29)30)18-10-19(26)12-20(27)11-18/h2-13,32H,14H2,1H3,(H,31,33). The van der Waals surface area contributed by atoms with Gasteiger partial charge in [0.15, 0.2) is 0 Å². The number of amides is 1. The molecule has 1 amide bonds. The highest BCUT2D eigenvalue weighted by atomic mass is 35.5. The van der Waals surface area contributed by atoms with Crippen LogP contribution < -0.4 is 10.8 Å². The molecule has 1 aliphatic rings. The van der Waals surface area contributed by atoms with Gasteiger partial charge >= 0.3 is 12.3 Å². The van der Waals surface area contributed by atoms with Crippen molar-refractivity contribution in [2.24, 2.45) is 0 Å². The Balaban J connectivity index is 1.60. The van der Waals surface area contributed by atoms with E-state index < -0.39 is 17.9 Å². The van der Waals surface area contributed by atoms with Gasteiger partial charge in [-0.2, -0.15) is 13.2 Å². The Labute approximate surface area is 209 Å². The number of anilines is 1. The van der Waals surface area contributed by atoms with Gasteiger partial charge in [-0.3, -0.25) is 15.6 Å². The maximum absolute atomic E-state index is 14.2. The van der Waals surface area contributed by atoms with Crippen LogP contribution in [0.2, 0.25) is 10.0 Å². The van der Waals surface area contributed by atoms with Gasteiger partial charge in [0, 0.05) is 26.9 Å². The second kappa shape index (κ2) is 9.81. The fourth-order valence-electron chi connectivity index (χ4n) is 3.55. The zero-order chi connectivity index (χ0) is 25.2. The summed E-state index contributed by atoms with van der Waals surface area (Å²) in [6.07, 6.45) is -4.61. The van der Waals surface area contributed by atoms with Crippen LogP contribution in [0.3, 0.4) is 0 Å². The molecule has 0 saturated carbocycles. The lowest BCUT2D eigenvalue weighted by atomic mass is 9.91. The second-order valence-electron chi connectivity index (χ2n) is 7.87. The van der Waals surface area contributed by atoms with E-state index in [1.807, 2.05) is 30.3 Å². The zero-order valence-electron chi connectivity index (χ0n) is 18.2. The normalized spacial score (nSPS) is 17.5. The molecule has 0 saturated heterocycles. The molecule has 1 atom stereocenters. The molecule has 1 unspecified atom stereocenters. The smallest absolute Gasteiger partial charge is 0.428 e. The molecule has 5 nitrogen and oxygen atoms in total. The van der Waals surface area contributed by atoms with Gasteiger partial charge < -0.3 is 4.74 Å². The quantitative estimate of drug-likeness (QED) is 0.366. The molecule has 10 heteroatoms. The third-order valence-electron chi connectivity index (χ3n) is 5.38. The van der Waals surface area contributed by atoms with Crippen molar-refractivity contribution in [2.75, 3.05) is 5.32 Å². The topological polar surface area (TPSA) is 59.6 Å². The number of ether oxygens (including phenoxy) is 1. The third-order valence-corrected chi connectivity index (χ3v) is 5.82. The van der Waals surface area contributed by atoms with Crippen molar-refractivity contribution in [3.63, 3.8) is 0 Å². The van der Waals surface area contributed by atoms with E-state index in [2.05, 4.69) is 10.8 Å². The third kappa shape index (κ3) is 5.40. The summed E-state index contributed by atoms with van der Waals surface area (Å²) in [5.41, 5.74) is 1.56. The molecule has 3 aromatic rings. The first kappa shape index (κ1) is 24.9. The lowest BCUT2D eigenvalue weighted by molar-refractivity contribution is -0.269. The van der Waals surface area contributed by atoms with Crippen LogP contribution >= 0.6 is 23.2 Å². The molecule has 0 radical (unpaired) electrons. The molecule has 0 aliphatic carbocycles. The fraction of sp³-hybridized carbons (Fsp3) is 0.160. The van der Waals surface area contributed by atoms with Gasteiger partial charge in [-0.15, -0.1) is 0 Å². The Bertz CT molecular complexity index is 1260. The lowest BCUT2D eigenvalue weighted by Gasteiger charge is -2.28. The minimum atomic E-state index is -4.83. The molecule has 4 rings (SSSR count). The summed E-state index contributed by atoms with van der Waals surface area (Å²) in [5.74, 6) is 0. The van der Waals surface area contributed by atoms with Crippen molar-refractivity contribution < 1.29 is 27.5 Å². The minimum absolute atomic E-state index is 0.0393. The van der Waals surface area contributed by atoms with Gasteiger partial charge in [0.1, 0.15) is 6.61 Å². The summed E-state index contributed by atoms with van der Waals surface area (Å²) in [6.45, 7) is 1.82. The van der Waals surface area contributed by atoms with E-state index in [9.17, 15) is 18.0 Å². The molecular formula is C25H19Cl2F3N2O3. The lowest BCUT2D eigenvalue weighted by Crippen LogP contribution is -2.42. The maximum atomic E-state index is 14.2. The highest BCUT2D eigenvalue weighted by Gasteiger charge is 2.59. The number of benzene rings is 3. The molecule has 35 heavy (non-hydrogen) atoms. The number of alkyl halides is 3. The van der Waals surface area contributed by atoms with Crippen LogP contribution in [-0.2, 0) is 21.8 Å². The van der Waals surface area contributed by atoms with Gasteiger partial charge in [-0.25, -0.2) is 4.79 Å². The van der Waals surface area contributed by atoms with Crippen molar-refractivity contribution in [1.29, 1.82) is 0 Å². The first-order valence-electron chi connectivity index (χ1n) is 10.4. The van der Waals surface area contributed by atoms with Crippen LogP contribution in [0.25, 0.3) is 5.70 Å². The average molecular weight is 523 g/mol. The number of rotatable bonds is 5. The van der Waals surface area contributed by atoms with E-state index in [0.29, 0.717) is 16.8 Å². The predicted octanol–water partition coefficient (Wildman–Crippen LogP) is 7.38. The second-order valence-corrected chi connectivity index (χ2v) is 8.74. The number of nitrogens with one attached hydrogen (secondary N) is 2. The summed E-state index contributed by atoms with van der Waals surface area (Å²) < 4.78 is 47.9. The number of aryl methyl sites for hydroxylation is 1. The van der Waals surface area contributed by atoms with E-state index in [0.717, 1.165) is 23.8 Å². The Morgan fingerprint density at radius 2 is 1.74 bits per heavy atom. The monoisotopic (exact) mass is 522 g/mol. The summed E-state index contributed by atoms with van der Waals surface area (Å²) >= 11 is 11.9. The minimum Gasteiger partial charge on any atom is -0.444 e. The van der Waals surface area contributed by atoms with Crippen LogP contribution in [0.15, 0.2) is 72.8 Å². The van der Waals surface area contributed by atoms with Crippen LogP contribution in [0, 0.1) is 6.92 Å². The average Bonchev–Trinajstić information content (AvgIpc) is 3.26. The Hall–Kier alpha value is -3.20. The van der Waals surface area contributed by atoms with Crippen molar-refractivity contribution in [3.05, 3.63) is 105 Å². The van der Waals surface area contributed by atoms with E-state index >= 15 is 0 Å². The molecule has 2 N–H and O–H groups in total. The van der Waals surface area contributed by atoms with Crippen molar-refractivity contribution >= 4 is 40.7 Å². The first-order valence-corrected chi connectivity index (χ1v) is 11.1. The van der Waals surface area contributed by atoms with Gasteiger partial charge in [0.25, 0.3) is 0 Å². The van der Waals surface area contributed by atoms with E-state index in [-0.39, 0.29) is 27.9 Å². The highest BCUT2D eigenvalue weighted by Crippen LogP contribution is 2.48. The molecule has 0 bridgehead atoms. The number of hydrogen-bond donors (Lipinski definition) is 2. The maximum Gasteiger partial charge on any atom is 0.428 e. The van der Waals surface area contributed by atoms with E-state index in [1.165, 1.54) is 12.1 Å². The molecular weight excluding hydrogens is 504 g/mol. The molecule has 1 heterocycles. The van der Waals surface area contributed by atoms with Gasteiger partial charge in [0.2, 0.25) is 5.60 Å². The Kier molecular flexibility index (Phi) is 6.98. The zero-order valence-corrected chi connectivity index (χ0v) is 19.8. The SMILES string of the molecule is Cc1ccc(C2=CC(c3cc(Cl)cc(Cl)c3)(C(F)(F)F)ON2)cc1NC(=O)OCc1ccccc1. The molecule has 182 valence electrons. The Morgan fingerprint density at radius 3 is 2.40 bits per heavy atom. The van der Waals surface area contributed by atoms with E-state index in [4.69, 9.17) is 32.8 Å². The van der Waals surface area contributed by atoms with Crippen molar-refractivity contribution in [3.8, 4) is 0 Å². The van der Waals surface area contributed by atoms with Gasteiger partial charge in [-0.05, 0) is 48.4 Å². The van der Waals surface area contributed by atoms with Crippen molar-refractivity contribution in [1.82, 2.24) is 5.48 Å². The summed E-state index contributed by atoms with van der Waals surface area (Å²) in [6, 6.07) is 17.6. The highest BCUT2D eigenvalue weighted by molar-refractivity contribution is 6.34. The summed E-state index contributed by atoms with van der Waals surface area (Å²) in [4.78, 5) is 17.4. The number of hydroxylamine groups is 1.